The highest BCUT2D eigenvalue weighted by molar-refractivity contribution is 14.1. The minimum atomic E-state index is -0.508. The van der Waals surface area contributed by atoms with Crippen molar-refractivity contribution in [1.82, 2.24) is 0 Å². The van der Waals surface area contributed by atoms with E-state index in [4.69, 9.17) is 4.74 Å². The van der Waals surface area contributed by atoms with E-state index in [0.717, 1.165) is 37.9 Å². The van der Waals surface area contributed by atoms with Gasteiger partial charge in [-0.15, -0.1) is 0 Å². The fourth-order valence-corrected chi connectivity index (χ4v) is 3.70. The van der Waals surface area contributed by atoms with Crippen LogP contribution in [0.25, 0.3) is 0 Å². The van der Waals surface area contributed by atoms with Crippen LogP contribution in [-0.2, 0) is 15.1 Å². The van der Waals surface area contributed by atoms with E-state index in [1.165, 1.54) is 0 Å². The summed E-state index contributed by atoms with van der Waals surface area (Å²) in [4.78, 5) is 12.5. The molecule has 1 N–H and O–H groups in total. The van der Waals surface area contributed by atoms with Crippen LogP contribution >= 0.6 is 38.3 Å². The van der Waals surface area contributed by atoms with Crippen molar-refractivity contribution in [3.63, 3.8) is 0 Å². The lowest BCUT2D eigenvalue weighted by Crippen LogP contribution is -2.41. The van der Waals surface area contributed by atoms with Gasteiger partial charge in [-0.05, 0) is 5.56 Å². The molecule has 21 heavy (non-hydrogen) atoms. The summed E-state index contributed by atoms with van der Waals surface area (Å²) in [6.45, 7) is 1.50. The Morgan fingerprint density at radius 1 is 1.38 bits per heavy atom. The molecular formula is C15H19BBrIO3+. The second kappa shape index (κ2) is 8.53. The summed E-state index contributed by atoms with van der Waals surface area (Å²) >= 11 is 5.59. The Kier molecular flexibility index (Phi) is 7.02. The number of alkyl halides is 1. The number of carbonyl (C=O) groups is 1. The molecule has 1 aliphatic heterocycles. The maximum atomic E-state index is 12.5. The molecule has 1 radical (unpaired) electrons. The van der Waals surface area contributed by atoms with Crippen LogP contribution in [0.2, 0.25) is 6.32 Å². The molecule has 1 heterocycles. The number of hydrogen-bond acceptors (Lipinski definition) is 2. The first-order valence-corrected chi connectivity index (χ1v) is 9.48. The minimum Gasteiger partial charge on any atom is -0.453 e. The summed E-state index contributed by atoms with van der Waals surface area (Å²) in [5.74, 6) is -0.244. The number of esters is 1. The van der Waals surface area contributed by atoms with Gasteiger partial charge in [0.25, 0.3) is 0 Å². The molecule has 1 aromatic rings. The van der Waals surface area contributed by atoms with Crippen molar-refractivity contribution in [2.75, 3.05) is 18.5 Å². The van der Waals surface area contributed by atoms with Gasteiger partial charge in [0, 0.05) is 5.33 Å². The fraction of sp³-hybridized carbons (Fsp3) is 0.533. The van der Waals surface area contributed by atoms with Crippen molar-refractivity contribution in [3.8, 4) is 0 Å². The largest absolute Gasteiger partial charge is 0.453 e. The van der Waals surface area contributed by atoms with E-state index in [9.17, 15) is 4.79 Å². The van der Waals surface area contributed by atoms with Gasteiger partial charge in [0.15, 0.2) is 5.60 Å². The van der Waals surface area contributed by atoms with Crippen LogP contribution in [0.1, 0.15) is 18.4 Å². The highest BCUT2D eigenvalue weighted by atomic mass is 127. The first-order valence-electron chi connectivity index (χ1n) is 7.11. The van der Waals surface area contributed by atoms with Gasteiger partial charge in [0.2, 0.25) is 5.14 Å². The van der Waals surface area contributed by atoms with Crippen LogP contribution in [0, 0.1) is 5.92 Å². The van der Waals surface area contributed by atoms with Crippen LogP contribution in [0.4, 0.5) is 0 Å². The molecule has 1 saturated heterocycles. The standard InChI is InChI=1S/C15H18BBrIO3/c17-11-12(10-16-18)14(19)21-15(6-8-20-9-7-15)13-4-2-1-3-5-13/h1-5,12H,6-11H2/p+1. The Balaban J connectivity index is 2.19. The molecule has 0 amide bonds. The molecule has 1 atom stereocenters. The predicted octanol–water partition coefficient (Wildman–Crippen LogP) is 3.23. The molecule has 3 nitrogen and oxygen atoms in total. The van der Waals surface area contributed by atoms with Gasteiger partial charge in [-0.3, -0.25) is 4.79 Å². The lowest BCUT2D eigenvalue weighted by atomic mass is 9.85. The molecule has 6 heteroatoms. The molecule has 113 valence electrons. The van der Waals surface area contributed by atoms with E-state index in [1.807, 2.05) is 35.5 Å². The Hall–Kier alpha value is -0.0751. The molecular weight excluding hydrogens is 446 g/mol. The second-order valence-electron chi connectivity index (χ2n) is 5.19. The van der Waals surface area contributed by atoms with Crippen molar-refractivity contribution in [1.29, 1.82) is 0 Å². The average Bonchev–Trinajstić information content (AvgIpc) is 2.54. The SMILES string of the molecule is O=C(OC1(c2ccccc2)CC[OH+]CC1)C(CBr)C[B]I. The fourth-order valence-electron chi connectivity index (χ4n) is 2.55. The van der Waals surface area contributed by atoms with Crippen LogP contribution in [0.3, 0.4) is 0 Å². The van der Waals surface area contributed by atoms with Gasteiger partial charge < -0.3 is 9.47 Å². The van der Waals surface area contributed by atoms with Gasteiger partial charge in [0.1, 0.15) is 13.2 Å². The number of ether oxygens (including phenoxy) is 2. The highest BCUT2D eigenvalue weighted by Gasteiger charge is 2.41. The van der Waals surface area contributed by atoms with Crippen molar-refractivity contribution in [2.24, 2.45) is 5.92 Å². The Morgan fingerprint density at radius 3 is 2.62 bits per heavy atom. The maximum Gasteiger partial charge on any atom is 0.309 e. The molecule has 1 aromatic carbocycles. The Morgan fingerprint density at radius 2 is 2.05 bits per heavy atom. The molecule has 0 aromatic heterocycles. The first-order chi connectivity index (χ1) is 10.2. The summed E-state index contributed by atoms with van der Waals surface area (Å²) < 4.78 is 10.4. The summed E-state index contributed by atoms with van der Waals surface area (Å²) in [6, 6.07) is 10.1. The molecule has 0 bridgehead atoms. The first kappa shape index (κ1) is 17.3. The molecule has 0 spiro atoms. The van der Waals surface area contributed by atoms with Gasteiger partial charge >= 0.3 is 5.97 Å². The lowest BCUT2D eigenvalue weighted by Gasteiger charge is -2.36. The Labute approximate surface area is 148 Å². The number of rotatable bonds is 6. The van der Waals surface area contributed by atoms with E-state index >= 15 is 0 Å². The molecule has 1 unspecified atom stereocenters. The second-order valence-corrected chi connectivity index (χ2v) is 6.72. The van der Waals surface area contributed by atoms with Gasteiger partial charge in [-0.1, -0.05) is 52.6 Å². The van der Waals surface area contributed by atoms with Crippen LogP contribution in [-0.4, -0.2) is 34.4 Å². The molecule has 0 saturated carbocycles. The molecule has 1 aliphatic rings. The average molecular weight is 465 g/mol. The minimum absolute atomic E-state index is 0.120. The third kappa shape index (κ3) is 4.45. The summed E-state index contributed by atoms with van der Waals surface area (Å²) in [5, 5.41) is 2.61. The van der Waals surface area contributed by atoms with Crippen LogP contribution in [0.15, 0.2) is 30.3 Å². The third-order valence-corrected chi connectivity index (χ3v) is 5.13. The molecule has 2 rings (SSSR count). The summed E-state index contributed by atoms with van der Waals surface area (Å²) in [7, 11) is 0. The predicted molar refractivity (Wildman–Crippen MR) is 97.3 cm³/mol. The van der Waals surface area contributed by atoms with Crippen LogP contribution < -0.4 is 0 Å². The normalized spacial score (nSPS) is 18.8. The number of carbonyl (C=O) groups excluding carboxylic acids is 1. The molecule has 0 aliphatic carbocycles. The van der Waals surface area contributed by atoms with Crippen molar-refractivity contribution in [3.05, 3.63) is 35.9 Å². The van der Waals surface area contributed by atoms with Gasteiger partial charge in [0.05, 0.1) is 18.8 Å². The molecule has 1 fully saturated rings. The van der Waals surface area contributed by atoms with Crippen LogP contribution in [0.5, 0.6) is 0 Å². The monoisotopic (exact) mass is 464 g/mol. The zero-order valence-electron chi connectivity index (χ0n) is 11.8. The van der Waals surface area contributed by atoms with E-state index in [2.05, 4.69) is 43.0 Å². The van der Waals surface area contributed by atoms with Gasteiger partial charge in [-0.25, -0.2) is 0 Å². The number of halogens is 2. The Bertz CT molecular complexity index is 451. The van der Waals surface area contributed by atoms with Crippen molar-refractivity contribution < 1.29 is 14.3 Å². The third-order valence-electron chi connectivity index (χ3n) is 3.84. The van der Waals surface area contributed by atoms with E-state index in [-0.39, 0.29) is 11.9 Å². The number of hydrogen-bond donors (Lipinski definition) is 0. The summed E-state index contributed by atoms with van der Waals surface area (Å²) in [6.07, 6.45) is 2.26. The zero-order chi connectivity index (χ0) is 15.1. The smallest absolute Gasteiger partial charge is 0.309 e. The quantitative estimate of drug-likeness (QED) is 0.213. The highest BCUT2D eigenvalue weighted by Crippen LogP contribution is 2.36. The van der Waals surface area contributed by atoms with E-state index in [0.29, 0.717) is 5.33 Å². The maximum absolute atomic E-state index is 12.5. The van der Waals surface area contributed by atoms with E-state index in [1.54, 1.807) is 0 Å². The van der Waals surface area contributed by atoms with Gasteiger partial charge in [-0.2, -0.15) is 22.4 Å². The number of aliphatic hydroxyl groups is 2. The zero-order valence-corrected chi connectivity index (χ0v) is 15.5. The topological polar surface area (TPSA) is 39.1 Å². The van der Waals surface area contributed by atoms with Crippen molar-refractivity contribution >= 4 is 49.4 Å². The van der Waals surface area contributed by atoms with E-state index < -0.39 is 5.60 Å². The lowest BCUT2D eigenvalue weighted by molar-refractivity contribution is -0.190. The number of benzene rings is 1. The summed E-state index contributed by atoms with van der Waals surface area (Å²) in [5.41, 5.74) is 0.575. The van der Waals surface area contributed by atoms with Crippen molar-refractivity contribution in [2.45, 2.75) is 24.8 Å².